The van der Waals surface area contributed by atoms with Crippen LogP contribution in [-0.2, 0) is 0 Å². The van der Waals surface area contributed by atoms with Gasteiger partial charge in [-0.2, -0.15) is 0 Å². The van der Waals surface area contributed by atoms with Gasteiger partial charge in [-0.3, -0.25) is 4.79 Å². The number of hydrogen-bond donors (Lipinski definition) is 1. The molecule has 3 heteroatoms. The van der Waals surface area contributed by atoms with Gasteiger partial charge in [0.2, 0.25) is 0 Å². The summed E-state index contributed by atoms with van der Waals surface area (Å²) < 4.78 is 0. The summed E-state index contributed by atoms with van der Waals surface area (Å²) in [6.07, 6.45) is 1.66. The van der Waals surface area contributed by atoms with Gasteiger partial charge in [0.1, 0.15) is 5.75 Å². The van der Waals surface area contributed by atoms with E-state index in [1.165, 1.54) is 0 Å². The van der Waals surface area contributed by atoms with Gasteiger partial charge in [0.15, 0.2) is 0 Å². The highest BCUT2D eigenvalue weighted by molar-refractivity contribution is 5.96. The summed E-state index contributed by atoms with van der Waals surface area (Å²) in [6, 6.07) is 4.94. The quantitative estimate of drug-likeness (QED) is 0.766. The molecule has 0 heterocycles. The third-order valence-corrected chi connectivity index (χ3v) is 2.29. The van der Waals surface area contributed by atoms with E-state index < -0.39 is 0 Å². The van der Waals surface area contributed by atoms with Crippen LogP contribution in [0.1, 0.15) is 15.9 Å². The summed E-state index contributed by atoms with van der Waals surface area (Å²) in [5, 5.41) is 9.47. The van der Waals surface area contributed by atoms with Crippen LogP contribution in [0.5, 0.6) is 5.75 Å². The maximum absolute atomic E-state index is 11.9. The smallest absolute Gasteiger partial charge is 0.254 e. The van der Waals surface area contributed by atoms with E-state index >= 15 is 0 Å². The van der Waals surface area contributed by atoms with Gasteiger partial charge < -0.3 is 10.0 Å². The van der Waals surface area contributed by atoms with Crippen LogP contribution < -0.4 is 0 Å². The van der Waals surface area contributed by atoms with Crippen LogP contribution in [0, 0.1) is 6.92 Å². The fourth-order valence-electron chi connectivity index (χ4n) is 1.34. The van der Waals surface area contributed by atoms with Gasteiger partial charge >= 0.3 is 0 Å². The molecule has 1 aromatic rings. The summed E-state index contributed by atoms with van der Waals surface area (Å²) in [5.74, 6) is 0.0381. The summed E-state index contributed by atoms with van der Waals surface area (Å²) >= 11 is 0. The zero-order valence-corrected chi connectivity index (χ0v) is 9.03. The maximum atomic E-state index is 11.9. The number of aromatic hydroxyl groups is 1. The summed E-state index contributed by atoms with van der Waals surface area (Å²) in [4.78, 5) is 13.4. The maximum Gasteiger partial charge on any atom is 0.254 e. The molecule has 80 valence electrons. The molecule has 15 heavy (non-hydrogen) atoms. The number of phenols is 1. The lowest BCUT2D eigenvalue weighted by Gasteiger charge is -2.16. The Morgan fingerprint density at radius 3 is 2.87 bits per heavy atom. The third-order valence-electron chi connectivity index (χ3n) is 2.29. The standard InChI is InChI=1S/C12H15NO2/c1-4-8-13(3)12(15)10-6-5-7-11(14)9(10)2/h4-7,14H,1,8H2,2-3H3. The largest absolute Gasteiger partial charge is 0.508 e. The predicted molar refractivity (Wildman–Crippen MR) is 60.0 cm³/mol. The van der Waals surface area contributed by atoms with Crippen LogP contribution in [0.2, 0.25) is 0 Å². The molecule has 0 saturated heterocycles. The first-order valence-electron chi connectivity index (χ1n) is 4.73. The Labute approximate surface area is 89.6 Å². The first-order valence-corrected chi connectivity index (χ1v) is 4.73. The zero-order valence-electron chi connectivity index (χ0n) is 9.03. The van der Waals surface area contributed by atoms with Gasteiger partial charge in [0.05, 0.1) is 0 Å². The number of nitrogens with zero attached hydrogens (tertiary/aromatic N) is 1. The van der Waals surface area contributed by atoms with Gasteiger partial charge in [-0.1, -0.05) is 12.1 Å². The Morgan fingerprint density at radius 2 is 2.27 bits per heavy atom. The molecular weight excluding hydrogens is 190 g/mol. The number of phenolic OH excluding ortho intramolecular Hbond substituents is 1. The monoisotopic (exact) mass is 205 g/mol. The SMILES string of the molecule is C=CCN(C)C(=O)c1cccc(O)c1C. The summed E-state index contributed by atoms with van der Waals surface area (Å²) in [5.41, 5.74) is 1.14. The van der Waals surface area contributed by atoms with Crippen LogP contribution in [0.4, 0.5) is 0 Å². The minimum atomic E-state index is -0.108. The van der Waals surface area contributed by atoms with E-state index in [-0.39, 0.29) is 11.7 Å². The fraction of sp³-hybridized carbons (Fsp3) is 0.250. The number of hydrogen-bond acceptors (Lipinski definition) is 2. The van der Waals surface area contributed by atoms with E-state index in [4.69, 9.17) is 0 Å². The van der Waals surface area contributed by atoms with Crippen LogP contribution in [0.3, 0.4) is 0 Å². The van der Waals surface area contributed by atoms with Crippen LogP contribution >= 0.6 is 0 Å². The number of amides is 1. The van der Waals surface area contributed by atoms with Crippen molar-refractivity contribution in [1.29, 1.82) is 0 Å². The highest BCUT2D eigenvalue weighted by atomic mass is 16.3. The number of likely N-dealkylation sites (N-methyl/N-ethyl adjacent to an activating group) is 1. The van der Waals surface area contributed by atoms with Gasteiger partial charge in [-0.25, -0.2) is 0 Å². The Kier molecular flexibility index (Phi) is 3.50. The van der Waals surface area contributed by atoms with Gasteiger partial charge in [-0.15, -0.1) is 6.58 Å². The van der Waals surface area contributed by atoms with E-state index in [9.17, 15) is 9.90 Å². The third kappa shape index (κ3) is 2.37. The lowest BCUT2D eigenvalue weighted by Crippen LogP contribution is -2.27. The van der Waals surface area contributed by atoms with Crippen molar-refractivity contribution in [2.75, 3.05) is 13.6 Å². The molecule has 0 atom stereocenters. The topological polar surface area (TPSA) is 40.5 Å². The normalized spacial score (nSPS) is 9.73. The second-order valence-electron chi connectivity index (χ2n) is 3.42. The molecule has 0 fully saturated rings. The highest BCUT2D eigenvalue weighted by Crippen LogP contribution is 2.20. The number of carbonyl (C=O) groups is 1. The molecule has 1 aromatic carbocycles. The summed E-state index contributed by atoms with van der Waals surface area (Å²) in [7, 11) is 1.70. The van der Waals surface area contributed by atoms with Crippen molar-refractivity contribution in [3.8, 4) is 5.75 Å². The molecule has 3 nitrogen and oxygen atoms in total. The molecule has 0 unspecified atom stereocenters. The summed E-state index contributed by atoms with van der Waals surface area (Å²) in [6.45, 7) is 5.79. The van der Waals surface area contributed by atoms with Crippen molar-refractivity contribution >= 4 is 5.91 Å². The molecule has 0 aliphatic rings. The lowest BCUT2D eigenvalue weighted by molar-refractivity contribution is 0.0809. The van der Waals surface area contributed by atoms with E-state index in [1.54, 1.807) is 43.1 Å². The fourth-order valence-corrected chi connectivity index (χ4v) is 1.34. The van der Waals surface area contributed by atoms with Gasteiger partial charge in [0, 0.05) is 24.7 Å². The molecule has 1 rings (SSSR count). The van der Waals surface area contributed by atoms with Crippen LogP contribution in [0.25, 0.3) is 0 Å². The molecule has 0 aliphatic heterocycles. The molecule has 0 radical (unpaired) electrons. The Hall–Kier alpha value is -1.77. The van der Waals surface area contributed by atoms with E-state index in [2.05, 4.69) is 6.58 Å². The Balaban J connectivity index is 3.01. The Bertz CT molecular complexity index is 385. The second-order valence-corrected chi connectivity index (χ2v) is 3.42. The van der Waals surface area contributed by atoms with Crippen LogP contribution in [-0.4, -0.2) is 29.5 Å². The van der Waals surface area contributed by atoms with Crippen LogP contribution in [0.15, 0.2) is 30.9 Å². The number of carbonyl (C=O) groups excluding carboxylic acids is 1. The average molecular weight is 205 g/mol. The molecule has 0 saturated carbocycles. The number of rotatable bonds is 3. The van der Waals surface area contributed by atoms with Crippen molar-refractivity contribution in [2.24, 2.45) is 0 Å². The zero-order chi connectivity index (χ0) is 11.4. The van der Waals surface area contributed by atoms with Crippen molar-refractivity contribution in [3.05, 3.63) is 42.0 Å². The molecule has 0 bridgehead atoms. The predicted octanol–water partition coefficient (Wildman–Crippen LogP) is 1.96. The molecule has 0 spiro atoms. The highest BCUT2D eigenvalue weighted by Gasteiger charge is 2.14. The second kappa shape index (κ2) is 4.64. The van der Waals surface area contributed by atoms with Gasteiger partial charge in [-0.05, 0) is 19.1 Å². The van der Waals surface area contributed by atoms with Crippen molar-refractivity contribution in [2.45, 2.75) is 6.92 Å². The van der Waals surface area contributed by atoms with Crippen molar-refractivity contribution in [1.82, 2.24) is 4.90 Å². The molecule has 1 N–H and O–H groups in total. The average Bonchev–Trinajstić information content (AvgIpc) is 2.21. The van der Waals surface area contributed by atoms with Crippen molar-refractivity contribution in [3.63, 3.8) is 0 Å². The minimum absolute atomic E-state index is 0.108. The van der Waals surface area contributed by atoms with E-state index in [1.807, 2.05) is 0 Å². The van der Waals surface area contributed by atoms with E-state index in [0.717, 1.165) is 0 Å². The molecule has 0 aliphatic carbocycles. The van der Waals surface area contributed by atoms with Crippen molar-refractivity contribution < 1.29 is 9.90 Å². The van der Waals surface area contributed by atoms with E-state index in [0.29, 0.717) is 17.7 Å². The number of benzene rings is 1. The molecular formula is C12H15NO2. The Morgan fingerprint density at radius 1 is 1.60 bits per heavy atom. The first kappa shape index (κ1) is 11.3. The lowest BCUT2D eigenvalue weighted by atomic mass is 10.1. The molecule has 1 amide bonds. The van der Waals surface area contributed by atoms with Gasteiger partial charge in [0.25, 0.3) is 5.91 Å². The first-order chi connectivity index (χ1) is 7.07. The molecule has 0 aromatic heterocycles. The minimum Gasteiger partial charge on any atom is -0.508 e.